The minimum absolute atomic E-state index is 0.0267. The normalized spacial score (nSPS) is 25.9. The van der Waals surface area contributed by atoms with E-state index in [-0.39, 0.29) is 22.5 Å². The average molecular weight is 653 g/mol. The van der Waals surface area contributed by atoms with Gasteiger partial charge in [-0.2, -0.15) is 4.98 Å². The molecular weight excluding hydrogens is 616 g/mol. The molecule has 45 heavy (non-hydrogen) atoms. The molecule has 4 aromatic rings. The maximum Gasteiger partial charge on any atom is 0.224 e. The Labute approximate surface area is 265 Å². The summed E-state index contributed by atoms with van der Waals surface area (Å²) in [5.74, 6) is 0.186. The van der Waals surface area contributed by atoms with Crippen LogP contribution in [0.5, 0.6) is 0 Å². The van der Waals surface area contributed by atoms with Crippen LogP contribution < -0.4 is 10.6 Å². The molecule has 238 valence electrons. The maximum atomic E-state index is 13.4. The monoisotopic (exact) mass is 652 g/mol. The Bertz CT molecular complexity index is 1860. The molecule has 0 spiro atoms. The standard InChI is InChI=1S/C32H37FN6O4S2/c1-16-24(30-38-26-23(44-30)10-11-34-25(26)17-4-5-17)29(39-31(36-16)35-14-19-13-32(19,2)3)37-22-12-18(27(40)28(22)41)15-45(42,43)21-8-6-20(33)7-9-21/h6-11,17-19,22,27-28,40-41H,4-5,12-15H2,1-3H3,(H2,35,36,37,39). The number of aliphatic hydroxyl groups excluding tert-OH is 2. The zero-order valence-electron chi connectivity index (χ0n) is 25.4. The third kappa shape index (κ3) is 6.02. The summed E-state index contributed by atoms with van der Waals surface area (Å²) >= 11 is 1.53. The summed E-state index contributed by atoms with van der Waals surface area (Å²) in [6.07, 6.45) is 2.81. The largest absolute Gasteiger partial charge is 0.390 e. The van der Waals surface area contributed by atoms with E-state index in [4.69, 9.17) is 15.0 Å². The Morgan fingerprint density at radius 2 is 1.80 bits per heavy atom. The minimum Gasteiger partial charge on any atom is -0.390 e. The summed E-state index contributed by atoms with van der Waals surface area (Å²) in [5.41, 5.74) is 3.57. The Balaban J connectivity index is 1.19. The molecular formula is C32H37FN6O4S2. The molecule has 1 aromatic carbocycles. The number of nitrogens with zero attached hydrogens (tertiary/aromatic N) is 4. The lowest BCUT2D eigenvalue weighted by atomic mass is 10.1. The Hall–Kier alpha value is -3.26. The van der Waals surface area contributed by atoms with Crippen LogP contribution in [0.4, 0.5) is 16.2 Å². The van der Waals surface area contributed by atoms with Crippen molar-refractivity contribution in [2.24, 2.45) is 17.3 Å². The average Bonchev–Trinajstić information content (AvgIpc) is 3.87. The fourth-order valence-corrected chi connectivity index (χ4v) is 9.12. The van der Waals surface area contributed by atoms with E-state index in [1.807, 2.05) is 19.2 Å². The van der Waals surface area contributed by atoms with Gasteiger partial charge in [0.1, 0.15) is 28.3 Å². The molecule has 3 saturated carbocycles. The molecule has 3 aliphatic rings. The van der Waals surface area contributed by atoms with E-state index in [9.17, 15) is 23.0 Å². The van der Waals surface area contributed by atoms with Gasteiger partial charge in [-0.25, -0.2) is 22.8 Å². The van der Waals surface area contributed by atoms with Crippen LogP contribution in [0.2, 0.25) is 0 Å². The van der Waals surface area contributed by atoms with Crippen molar-refractivity contribution in [2.75, 3.05) is 22.9 Å². The second kappa shape index (κ2) is 11.2. The number of hydrogen-bond donors (Lipinski definition) is 4. The van der Waals surface area contributed by atoms with Gasteiger partial charge in [-0.3, -0.25) is 4.98 Å². The Morgan fingerprint density at radius 1 is 1.07 bits per heavy atom. The lowest BCUT2D eigenvalue weighted by Crippen LogP contribution is -2.36. The first-order chi connectivity index (χ1) is 21.4. The number of halogens is 1. The quantitative estimate of drug-likeness (QED) is 0.174. The number of hydrogen-bond acceptors (Lipinski definition) is 11. The highest BCUT2D eigenvalue weighted by Crippen LogP contribution is 2.51. The summed E-state index contributed by atoms with van der Waals surface area (Å²) in [6.45, 7) is 7.10. The number of sulfone groups is 1. The minimum atomic E-state index is -3.83. The number of aliphatic hydroxyl groups is 2. The number of thiazole rings is 1. The molecule has 3 aromatic heterocycles. The van der Waals surface area contributed by atoms with Crippen LogP contribution in [-0.2, 0) is 9.84 Å². The predicted octanol–water partition coefficient (Wildman–Crippen LogP) is 4.93. The second-order valence-electron chi connectivity index (χ2n) is 13.4. The highest BCUT2D eigenvalue weighted by atomic mass is 32.2. The summed E-state index contributed by atoms with van der Waals surface area (Å²) in [5, 5.41) is 29.5. The van der Waals surface area contributed by atoms with Gasteiger partial charge >= 0.3 is 0 Å². The molecule has 0 saturated heterocycles. The molecule has 5 atom stereocenters. The van der Waals surface area contributed by atoms with Crippen molar-refractivity contribution in [3.63, 3.8) is 0 Å². The van der Waals surface area contributed by atoms with Crippen LogP contribution in [0.3, 0.4) is 0 Å². The van der Waals surface area contributed by atoms with E-state index in [2.05, 4.69) is 29.5 Å². The van der Waals surface area contributed by atoms with Crippen molar-refractivity contribution in [2.45, 2.75) is 75.5 Å². The number of anilines is 2. The first kappa shape index (κ1) is 30.4. The lowest BCUT2D eigenvalue weighted by molar-refractivity contribution is 0.0216. The van der Waals surface area contributed by atoms with Gasteiger partial charge < -0.3 is 20.8 Å². The van der Waals surface area contributed by atoms with Crippen molar-refractivity contribution >= 4 is 43.2 Å². The van der Waals surface area contributed by atoms with Gasteiger partial charge in [-0.1, -0.05) is 13.8 Å². The van der Waals surface area contributed by atoms with Crippen LogP contribution in [0.15, 0.2) is 41.4 Å². The molecule has 13 heteroatoms. The van der Waals surface area contributed by atoms with E-state index in [1.165, 1.54) is 23.5 Å². The number of fused-ring (bicyclic) bond motifs is 1. The van der Waals surface area contributed by atoms with Crippen LogP contribution in [0, 0.1) is 30.0 Å². The van der Waals surface area contributed by atoms with Crippen LogP contribution in [-0.4, -0.2) is 69.1 Å². The van der Waals surface area contributed by atoms with Gasteiger partial charge in [-0.05, 0) is 74.3 Å². The molecule has 5 unspecified atom stereocenters. The lowest BCUT2D eigenvalue weighted by Gasteiger charge is -2.21. The Kier molecular flexibility index (Phi) is 7.58. The molecule has 3 fully saturated rings. The third-order valence-corrected chi connectivity index (χ3v) is 12.5. The van der Waals surface area contributed by atoms with Gasteiger partial charge in [0, 0.05) is 24.6 Å². The number of nitrogens with one attached hydrogen (secondary N) is 2. The van der Waals surface area contributed by atoms with Crippen molar-refractivity contribution in [1.29, 1.82) is 0 Å². The molecule has 10 nitrogen and oxygen atoms in total. The third-order valence-electron chi connectivity index (χ3n) is 9.56. The molecule has 3 heterocycles. The van der Waals surface area contributed by atoms with E-state index < -0.39 is 39.8 Å². The van der Waals surface area contributed by atoms with Crippen LogP contribution in [0.1, 0.15) is 56.8 Å². The smallest absolute Gasteiger partial charge is 0.224 e. The molecule has 0 bridgehead atoms. The molecule has 3 aliphatic carbocycles. The van der Waals surface area contributed by atoms with Gasteiger partial charge in [0.2, 0.25) is 5.95 Å². The van der Waals surface area contributed by atoms with Crippen LogP contribution in [0.25, 0.3) is 20.8 Å². The van der Waals surface area contributed by atoms with E-state index in [0.29, 0.717) is 34.9 Å². The number of benzene rings is 1. The highest BCUT2D eigenvalue weighted by Gasteiger charge is 2.46. The zero-order chi connectivity index (χ0) is 31.7. The summed E-state index contributed by atoms with van der Waals surface area (Å²) in [6, 6.07) is 5.90. The SMILES string of the molecule is Cc1nc(NCC2CC2(C)C)nc(NC2CC(CS(=O)(=O)c3ccc(F)cc3)C(O)C2O)c1-c1nc2c(C3CC3)nccc2s1. The fourth-order valence-electron chi connectivity index (χ4n) is 6.42. The number of aryl methyl sites for hydroxylation is 1. The van der Waals surface area contributed by atoms with Crippen molar-refractivity contribution in [1.82, 2.24) is 19.9 Å². The predicted molar refractivity (Wildman–Crippen MR) is 172 cm³/mol. The first-order valence-corrected chi connectivity index (χ1v) is 17.9. The van der Waals surface area contributed by atoms with Gasteiger partial charge in [0.05, 0.1) is 44.4 Å². The van der Waals surface area contributed by atoms with Crippen molar-refractivity contribution in [3.8, 4) is 10.6 Å². The summed E-state index contributed by atoms with van der Waals surface area (Å²) in [7, 11) is -3.83. The van der Waals surface area contributed by atoms with E-state index in [0.717, 1.165) is 58.9 Å². The molecule has 4 N–H and O–H groups in total. The number of rotatable bonds is 10. The number of pyridine rings is 1. The van der Waals surface area contributed by atoms with Gasteiger partial charge in [-0.15, -0.1) is 11.3 Å². The molecule has 0 aliphatic heterocycles. The molecule has 7 rings (SSSR count). The molecule has 0 radical (unpaired) electrons. The molecule has 0 amide bonds. The topological polar surface area (TPSA) is 150 Å². The summed E-state index contributed by atoms with van der Waals surface area (Å²) < 4.78 is 40.7. The van der Waals surface area contributed by atoms with E-state index in [1.54, 1.807) is 0 Å². The van der Waals surface area contributed by atoms with Crippen molar-refractivity contribution < 1.29 is 23.0 Å². The van der Waals surface area contributed by atoms with Crippen molar-refractivity contribution in [3.05, 3.63) is 53.7 Å². The van der Waals surface area contributed by atoms with E-state index >= 15 is 0 Å². The highest BCUT2D eigenvalue weighted by molar-refractivity contribution is 7.91. The maximum absolute atomic E-state index is 13.4. The Morgan fingerprint density at radius 3 is 2.49 bits per heavy atom. The van der Waals surface area contributed by atoms with Gasteiger partial charge in [0.15, 0.2) is 9.84 Å². The zero-order valence-corrected chi connectivity index (χ0v) is 27.0. The number of aromatic nitrogens is 4. The van der Waals surface area contributed by atoms with Crippen LogP contribution >= 0.6 is 11.3 Å². The second-order valence-corrected chi connectivity index (χ2v) is 16.5. The van der Waals surface area contributed by atoms with Gasteiger partial charge in [0.25, 0.3) is 0 Å². The first-order valence-electron chi connectivity index (χ1n) is 15.4. The fraction of sp³-hybridized carbons (Fsp3) is 0.500. The summed E-state index contributed by atoms with van der Waals surface area (Å²) in [4.78, 5) is 19.2.